The van der Waals surface area contributed by atoms with Crippen LogP contribution < -0.4 is 11.1 Å². The number of anilines is 2. The molecule has 0 saturated carbocycles. The average Bonchev–Trinajstić information content (AvgIpc) is 2.85. The van der Waals surface area contributed by atoms with Crippen LogP contribution in [0.15, 0.2) is 0 Å². The molecule has 0 bridgehead atoms. The zero-order valence-electron chi connectivity index (χ0n) is 10.3. The van der Waals surface area contributed by atoms with Gasteiger partial charge in [0.25, 0.3) is 5.91 Å². The first-order valence-corrected chi connectivity index (χ1v) is 6.21. The van der Waals surface area contributed by atoms with Crippen LogP contribution in [-0.4, -0.2) is 25.5 Å². The van der Waals surface area contributed by atoms with Crippen LogP contribution in [0.3, 0.4) is 0 Å². The third-order valence-corrected chi connectivity index (χ3v) is 3.10. The number of nitrogens with two attached hydrogens (primary N) is 1. The van der Waals surface area contributed by atoms with Crippen LogP contribution in [0.4, 0.5) is 10.8 Å². The van der Waals surface area contributed by atoms with E-state index >= 15 is 0 Å². The van der Waals surface area contributed by atoms with Crippen molar-refractivity contribution in [2.24, 2.45) is 0 Å². The van der Waals surface area contributed by atoms with Crippen molar-refractivity contribution in [3.8, 4) is 0 Å². The van der Waals surface area contributed by atoms with Gasteiger partial charge in [-0.2, -0.15) is 9.47 Å². The Hall–Kier alpha value is -1.96. The zero-order valence-corrected chi connectivity index (χ0v) is 11.1. The molecule has 2 rings (SSSR count). The minimum absolute atomic E-state index is 0.183. The van der Waals surface area contributed by atoms with Crippen LogP contribution in [0.5, 0.6) is 0 Å². The lowest BCUT2D eigenvalue weighted by atomic mass is 10.1. The van der Waals surface area contributed by atoms with E-state index in [-0.39, 0.29) is 17.5 Å². The Morgan fingerprint density at radius 2 is 2.22 bits per heavy atom. The number of aryl methyl sites for hydroxylation is 1. The highest BCUT2D eigenvalue weighted by Gasteiger charge is 2.19. The molecule has 0 unspecified atom stereocenters. The normalized spacial score (nSPS) is 10.9. The highest BCUT2D eigenvalue weighted by atomic mass is 32.1. The molecule has 0 aliphatic heterocycles. The fraction of sp³-hybridized carbons (Fsp3) is 0.400. The van der Waals surface area contributed by atoms with Crippen LogP contribution in [0, 0.1) is 6.92 Å². The minimum Gasteiger partial charge on any atom is -0.395 e. The molecule has 0 aliphatic rings. The fourth-order valence-electron chi connectivity index (χ4n) is 1.48. The van der Waals surface area contributed by atoms with Gasteiger partial charge in [0.05, 0.1) is 11.4 Å². The standard InChI is InChI=1S/C10H14N6OS/c1-4(2)7-6(11)8(15-14-7)9(17)13-10-12-5(3)16-18-10/h4H,11H2,1-3H3,(H,14,15)(H,12,13,16,17). The summed E-state index contributed by atoms with van der Waals surface area (Å²) in [4.78, 5) is 16.0. The van der Waals surface area contributed by atoms with Crippen molar-refractivity contribution in [2.45, 2.75) is 26.7 Å². The summed E-state index contributed by atoms with van der Waals surface area (Å²) >= 11 is 1.12. The number of amides is 1. The van der Waals surface area contributed by atoms with Gasteiger partial charge in [0.15, 0.2) is 5.69 Å². The van der Waals surface area contributed by atoms with E-state index in [0.29, 0.717) is 16.6 Å². The SMILES string of the molecule is Cc1nsc(NC(=O)c2n[nH]c(C(C)C)c2N)n1. The van der Waals surface area contributed by atoms with Crippen molar-refractivity contribution in [1.82, 2.24) is 19.6 Å². The number of hydrogen-bond donors (Lipinski definition) is 3. The van der Waals surface area contributed by atoms with Gasteiger partial charge in [0, 0.05) is 11.5 Å². The maximum Gasteiger partial charge on any atom is 0.280 e. The van der Waals surface area contributed by atoms with Crippen LogP contribution in [0.2, 0.25) is 0 Å². The van der Waals surface area contributed by atoms with Gasteiger partial charge >= 0.3 is 0 Å². The Morgan fingerprint density at radius 1 is 1.50 bits per heavy atom. The molecule has 8 heteroatoms. The Kier molecular flexibility index (Phi) is 3.28. The zero-order chi connectivity index (χ0) is 13.3. The summed E-state index contributed by atoms with van der Waals surface area (Å²) in [6.07, 6.45) is 0. The number of nitrogens with zero attached hydrogens (tertiary/aromatic N) is 3. The Labute approximate surface area is 108 Å². The highest BCUT2D eigenvalue weighted by molar-refractivity contribution is 7.09. The molecule has 2 aromatic rings. The van der Waals surface area contributed by atoms with Gasteiger partial charge < -0.3 is 5.73 Å². The number of aromatic nitrogens is 4. The number of hydrogen-bond acceptors (Lipinski definition) is 6. The summed E-state index contributed by atoms with van der Waals surface area (Å²) in [7, 11) is 0. The monoisotopic (exact) mass is 266 g/mol. The van der Waals surface area contributed by atoms with Crippen LogP contribution in [0.25, 0.3) is 0 Å². The van der Waals surface area contributed by atoms with Crippen LogP contribution >= 0.6 is 11.5 Å². The largest absolute Gasteiger partial charge is 0.395 e. The molecule has 2 aromatic heterocycles. The lowest BCUT2D eigenvalue weighted by Crippen LogP contribution is -2.14. The first-order valence-electron chi connectivity index (χ1n) is 5.44. The minimum atomic E-state index is -0.383. The molecule has 0 spiro atoms. The van der Waals surface area contributed by atoms with Crippen molar-refractivity contribution in [2.75, 3.05) is 11.1 Å². The molecule has 0 aromatic carbocycles. The van der Waals surface area contributed by atoms with E-state index in [9.17, 15) is 4.79 Å². The first kappa shape index (κ1) is 12.5. The molecular weight excluding hydrogens is 252 g/mol. The molecule has 18 heavy (non-hydrogen) atoms. The summed E-state index contributed by atoms with van der Waals surface area (Å²) in [6, 6.07) is 0. The summed E-state index contributed by atoms with van der Waals surface area (Å²) in [5.41, 5.74) is 7.20. The van der Waals surface area contributed by atoms with E-state index in [2.05, 4.69) is 24.9 Å². The van der Waals surface area contributed by atoms with E-state index in [1.54, 1.807) is 6.92 Å². The fourth-order valence-corrected chi connectivity index (χ4v) is 2.05. The maximum atomic E-state index is 11.9. The van der Waals surface area contributed by atoms with Gasteiger partial charge in [0.2, 0.25) is 5.13 Å². The summed E-state index contributed by atoms with van der Waals surface area (Å²) in [6.45, 7) is 5.70. The van der Waals surface area contributed by atoms with Crippen molar-refractivity contribution in [1.29, 1.82) is 0 Å². The van der Waals surface area contributed by atoms with Crippen molar-refractivity contribution >= 4 is 28.3 Å². The second kappa shape index (κ2) is 4.73. The van der Waals surface area contributed by atoms with E-state index < -0.39 is 0 Å². The van der Waals surface area contributed by atoms with Gasteiger partial charge in [-0.25, -0.2) is 4.98 Å². The molecule has 96 valence electrons. The van der Waals surface area contributed by atoms with Gasteiger partial charge in [-0.1, -0.05) is 13.8 Å². The number of H-pyrrole nitrogens is 1. The predicted octanol–water partition coefficient (Wildman–Crippen LogP) is 1.53. The van der Waals surface area contributed by atoms with Gasteiger partial charge in [-0.3, -0.25) is 15.2 Å². The molecule has 4 N–H and O–H groups in total. The number of carbonyl (C=O) groups is 1. The summed E-state index contributed by atoms with van der Waals surface area (Å²) in [5, 5.41) is 9.76. The number of rotatable bonds is 3. The highest BCUT2D eigenvalue weighted by Crippen LogP contribution is 2.23. The number of nitrogens with one attached hydrogen (secondary N) is 2. The van der Waals surface area contributed by atoms with Gasteiger partial charge in [0.1, 0.15) is 5.82 Å². The van der Waals surface area contributed by atoms with Crippen LogP contribution in [0.1, 0.15) is 41.8 Å². The molecule has 2 heterocycles. The number of carbonyl (C=O) groups excluding carboxylic acids is 1. The Balaban J connectivity index is 2.19. The average molecular weight is 266 g/mol. The smallest absolute Gasteiger partial charge is 0.280 e. The van der Waals surface area contributed by atoms with E-state index in [1.165, 1.54) is 0 Å². The lowest BCUT2D eigenvalue weighted by Gasteiger charge is -2.02. The van der Waals surface area contributed by atoms with Crippen molar-refractivity contribution in [3.63, 3.8) is 0 Å². The molecule has 1 amide bonds. The summed E-state index contributed by atoms with van der Waals surface area (Å²) in [5.74, 6) is 0.419. The Morgan fingerprint density at radius 3 is 2.72 bits per heavy atom. The van der Waals surface area contributed by atoms with Crippen LogP contribution in [-0.2, 0) is 0 Å². The quantitative estimate of drug-likeness (QED) is 0.780. The van der Waals surface area contributed by atoms with Gasteiger partial charge in [-0.15, -0.1) is 0 Å². The predicted molar refractivity (Wildman–Crippen MR) is 69.7 cm³/mol. The van der Waals surface area contributed by atoms with Crippen molar-refractivity contribution in [3.05, 3.63) is 17.2 Å². The first-order chi connectivity index (χ1) is 8.49. The van der Waals surface area contributed by atoms with E-state index in [1.807, 2.05) is 13.8 Å². The summed E-state index contributed by atoms with van der Waals surface area (Å²) < 4.78 is 3.98. The second-order valence-electron chi connectivity index (χ2n) is 4.16. The topological polar surface area (TPSA) is 110 Å². The molecular formula is C10H14N6OS. The van der Waals surface area contributed by atoms with Crippen molar-refractivity contribution < 1.29 is 4.79 Å². The third kappa shape index (κ3) is 2.33. The molecule has 0 fully saturated rings. The molecule has 0 atom stereocenters. The van der Waals surface area contributed by atoms with E-state index in [0.717, 1.165) is 17.2 Å². The molecule has 0 saturated heterocycles. The molecule has 0 radical (unpaired) electrons. The molecule has 0 aliphatic carbocycles. The number of aromatic amines is 1. The second-order valence-corrected chi connectivity index (χ2v) is 4.91. The Bertz CT molecular complexity index is 573. The third-order valence-electron chi connectivity index (χ3n) is 2.37. The molecule has 7 nitrogen and oxygen atoms in total. The lowest BCUT2D eigenvalue weighted by molar-refractivity contribution is 0.102. The van der Waals surface area contributed by atoms with E-state index in [4.69, 9.17) is 5.73 Å². The number of nitrogen functional groups attached to an aromatic ring is 1. The maximum absolute atomic E-state index is 11.9. The van der Waals surface area contributed by atoms with Gasteiger partial charge in [-0.05, 0) is 12.8 Å².